The van der Waals surface area contributed by atoms with Gasteiger partial charge in [0.15, 0.2) is 0 Å². The van der Waals surface area contributed by atoms with Gasteiger partial charge in [0.25, 0.3) is 0 Å². The van der Waals surface area contributed by atoms with E-state index in [1.165, 1.54) is 30.0 Å². The van der Waals surface area contributed by atoms with Crippen LogP contribution in [0.5, 0.6) is 0 Å². The van der Waals surface area contributed by atoms with Gasteiger partial charge in [-0.2, -0.15) is 0 Å². The molecule has 96 valence electrons. The quantitative estimate of drug-likeness (QED) is 0.865. The Morgan fingerprint density at radius 2 is 1.88 bits per heavy atom. The third-order valence-electron chi connectivity index (χ3n) is 3.71. The number of nitrogens with one attached hydrogen (secondary N) is 1. The van der Waals surface area contributed by atoms with Crippen LogP contribution < -0.4 is 5.32 Å². The van der Waals surface area contributed by atoms with E-state index >= 15 is 0 Å². The van der Waals surface area contributed by atoms with Gasteiger partial charge in [0.2, 0.25) is 0 Å². The van der Waals surface area contributed by atoms with E-state index in [0.717, 1.165) is 19.6 Å². The number of hydrogen-bond donors (Lipinski definition) is 1. The zero-order valence-electron chi connectivity index (χ0n) is 11.6. The Bertz CT molecular complexity index is 373. The molecule has 1 fully saturated rings. The van der Waals surface area contributed by atoms with Crippen LogP contribution in [0.4, 0.5) is 0 Å². The Kier molecular flexibility index (Phi) is 3.89. The van der Waals surface area contributed by atoms with E-state index in [0.29, 0.717) is 6.04 Å². The molecule has 1 aromatic rings. The third kappa shape index (κ3) is 2.72. The minimum absolute atomic E-state index is 0.562. The molecule has 0 spiro atoms. The lowest BCUT2D eigenvalue weighted by Gasteiger charge is -2.27. The van der Waals surface area contributed by atoms with Gasteiger partial charge >= 0.3 is 0 Å². The second-order valence-electron chi connectivity index (χ2n) is 5.39. The lowest BCUT2D eigenvalue weighted by atomic mass is 10.2. The molecule has 3 heteroatoms. The zero-order chi connectivity index (χ0) is 12.4. The smallest absolute Gasteiger partial charge is 0.0279 e. The Balaban J connectivity index is 2.13. The van der Waals surface area contributed by atoms with Crippen molar-refractivity contribution in [2.45, 2.75) is 40.3 Å². The van der Waals surface area contributed by atoms with Gasteiger partial charge in [-0.05, 0) is 39.3 Å². The predicted molar refractivity (Wildman–Crippen MR) is 72.4 cm³/mol. The van der Waals surface area contributed by atoms with Crippen LogP contribution in [-0.2, 0) is 6.54 Å². The van der Waals surface area contributed by atoms with Crippen molar-refractivity contribution in [3.63, 3.8) is 0 Å². The molecule has 17 heavy (non-hydrogen) atoms. The molecule has 0 radical (unpaired) electrons. The summed E-state index contributed by atoms with van der Waals surface area (Å²) in [7, 11) is 0. The van der Waals surface area contributed by atoms with Gasteiger partial charge in [0.05, 0.1) is 0 Å². The van der Waals surface area contributed by atoms with E-state index in [1.807, 2.05) is 0 Å². The summed E-state index contributed by atoms with van der Waals surface area (Å²) in [6, 6.07) is 2.92. The summed E-state index contributed by atoms with van der Waals surface area (Å²) in [6.45, 7) is 14.7. The molecule has 0 unspecified atom stereocenters. The molecular formula is C14H25N3. The van der Waals surface area contributed by atoms with Crippen LogP contribution in [0, 0.1) is 13.8 Å². The molecular weight excluding hydrogens is 210 g/mol. The van der Waals surface area contributed by atoms with E-state index in [-0.39, 0.29) is 0 Å². The number of aromatic nitrogens is 1. The normalized spacial score (nSPS) is 17.9. The highest BCUT2D eigenvalue weighted by Crippen LogP contribution is 2.21. The molecule has 0 aliphatic carbocycles. The molecule has 0 bridgehead atoms. The number of rotatable bonds is 3. The lowest BCUT2D eigenvalue weighted by molar-refractivity contribution is 0.232. The van der Waals surface area contributed by atoms with E-state index in [4.69, 9.17) is 0 Å². The summed E-state index contributed by atoms with van der Waals surface area (Å²) in [5, 5.41) is 3.40. The number of aryl methyl sites for hydroxylation is 1. The fraction of sp³-hybridized carbons (Fsp3) is 0.714. The maximum absolute atomic E-state index is 3.40. The highest BCUT2D eigenvalue weighted by atomic mass is 15.2. The zero-order valence-corrected chi connectivity index (χ0v) is 11.6. The van der Waals surface area contributed by atoms with Gasteiger partial charge in [-0.3, -0.25) is 4.90 Å². The average molecular weight is 235 g/mol. The first-order valence-corrected chi connectivity index (χ1v) is 6.70. The van der Waals surface area contributed by atoms with Crippen LogP contribution in [0.1, 0.15) is 36.8 Å². The molecule has 0 atom stereocenters. The molecule has 1 N–H and O–H groups in total. The molecule has 1 aromatic heterocycles. The lowest BCUT2D eigenvalue weighted by Crippen LogP contribution is -2.42. The van der Waals surface area contributed by atoms with Crippen LogP contribution in [0.2, 0.25) is 0 Å². The molecule has 2 heterocycles. The van der Waals surface area contributed by atoms with Crippen molar-refractivity contribution < 1.29 is 0 Å². The van der Waals surface area contributed by atoms with E-state index in [2.05, 4.69) is 48.5 Å². The van der Waals surface area contributed by atoms with Crippen LogP contribution in [-0.4, -0.2) is 35.6 Å². The maximum atomic E-state index is 3.40. The number of nitrogens with zero attached hydrogens (tertiary/aromatic N) is 2. The Labute approximate surface area is 105 Å². The van der Waals surface area contributed by atoms with Gasteiger partial charge < -0.3 is 9.88 Å². The Morgan fingerprint density at radius 3 is 2.41 bits per heavy atom. The summed E-state index contributed by atoms with van der Waals surface area (Å²) in [5.74, 6) is 0. The van der Waals surface area contributed by atoms with Crippen molar-refractivity contribution in [3.05, 3.63) is 23.0 Å². The van der Waals surface area contributed by atoms with Gasteiger partial charge in [0.1, 0.15) is 0 Å². The van der Waals surface area contributed by atoms with E-state index in [9.17, 15) is 0 Å². The number of piperazine rings is 1. The standard InChI is InChI=1S/C14H25N3/c1-11(2)17-12(3)9-14(13(17)4)10-16-7-5-15-6-8-16/h9,11,15H,5-8,10H2,1-4H3. The molecule has 1 aliphatic rings. The van der Waals surface area contributed by atoms with Gasteiger partial charge in [-0.25, -0.2) is 0 Å². The van der Waals surface area contributed by atoms with Crippen molar-refractivity contribution in [3.8, 4) is 0 Å². The second-order valence-corrected chi connectivity index (χ2v) is 5.39. The monoisotopic (exact) mass is 235 g/mol. The van der Waals surface area contributed by atoms with Crippen molar-refractivity contribution in [2.75, 3.05) is 26.2 Å². The summed E-state index contributed by atoms with van der Waals surface area (Å²) in [4.78, 5) is 2.54. The highest BCUT2D eigenvalue weighted by Gasteiger charge is 2.15. The summed E-state index contributed by atoms with van der Waals surface area (Å²) < 4.78 is 2.44. The first-order chi connectivity index (χ1) is 8.09. The molecule has 0 saturated carbocycles. The van der Waals surface area contributed by atoms with Crippen LogP contribution in [0.25, 0.3) is 0 Å². The topological polar surface area (TPSA) is 20.2 Å². The van der Waals surface area contributed by atoms with Crippen LogP contribution in [0.3, 0.4) is 0 Å². The van der Waals surface area contributed by atoms with Gasteiger partial charge in [0, 0.05) is 50.2 Å². The van der Waals surface area contributed by atoms with Crippen molar-refractivity contribution in [2.24, 2.45) is 0 Å². The third-order valence-corrected chi connectivity index (χ3v) is 3.71. The molecule has 0 amide bonds. The second kappa shape index (κ2) is 5.23. The molecule has 2 rings (SSSR count). The molecule has 0 aromatic carbocycles. The fourth-order valence-corrected chi connectivity index (χ4v) is 2.91. The summed E-state index contributed by atoms with van der Waals surface area (Å²) >= 11 is 0. The Morgan fingerprint density at radius 1 is 1.24 bits per heavy atom. The van der Waals surface area contributed by atoms with Crippen LogP contribution in [0.15, 0.2) is 6.07 Å². The fourth-order valence-electron chi connectivity index (χ4n) is 2.91. The molecule has 3 nitrogen and oxygen atoms in total. The first-order valence-electron chi connectivity index (χ1n) is 6.70. The SMILES string of the molecule is Cc1cc(CN2CCNCC2)c(C)n1C(C)C. The average Bonchev–Trinajstić information content (AvgIpc) is 2.55. The first kappa shape index (κ1) is 12.7. The van der Waals surface area contributed by atoms with E-state index < -0.39 is 0 Å². The van der Waals surface area contributed by atoms with Gasteiger partial charge in [-0.1, -0.05) is 0 Å². The maximum Gasteiger partial charge on any atom is 0.0279 e. The highest BCUT2D eigenvalue weighted by molar-refractivity contribution is 5.27. The summed E-state index contributed by atoms with van der Waals surface area (Å²) in [5.41, 5.74) is 4.33. The van der Waals surface area contributed by atoms with E-state index in [1.54, 1.807) is 0 Å². The van der Waals surface area contributed by atoms with Crippen molar-refractivity contribution >= 4 is 0 Å². The summed E-state index contributed by atoms with van der Waals surface area (Å²) in [6.07, 6.45) is 0. The van der Waals surface area contributed by atoms with Gasteiger partial charge in [-0.15, -0.1) is 0 Å². The molecule has 1 aliphatic heterocycles. The molecule has 1 saturated heterocycles. The van der Waals surface area contributed by atoms with Crippen molar-refractivity contribution in [1.82, 2.24) is 14.8 Å². The van der Waals surface area contributed by atoms with Crippen LogP contribution >= 0.6 is 0 Å². The Hall–Kier alpha value is -0.800. The van der Waals surface area contributed by atoms with Crippen molar-refractivity contribution in [1.29, 1.82) is 0 Å². The minimum atomic E-state index is 0.562. The minimum Gasteiger partial charge on any atom is -0.346 e. The number of hydrogen-bond acceptors (Lipinski definition) is 2. The largest absolute Gasteiger partial charge is 0.346 e. The predicted octanol–water partition coefficient (Wildman–Crippen LogP) is 2.09.